The van der Waals surface area contributed by atoms with Crippen LogP contribution in [-0.2, 0) is 6.42 Å². The van der Waals surface area contributed by atoms with Gasteiger partial charge in [0.2, 0.25) is 5.89 Å². The Morgan fingerprint density at radius 1 is 1.23 bits per heavy atom. The molecule has 0 bridgehead atoms. The first-order valence-electron chi connectivity index (χ1n) is 6.44. The minimum Gasteiger partial charge on any atom is -0.411 e. The van der Waals surface area contributed by atoms with Gasteiger partial charge >= 0.3 is 0 Å². The number of hydrogen-bond donors (Lipinski definition) is 0. The third-order valence-corrected chi connectivity index (χ3v) is 4.01. The molecule has 5 nitrogen and oxygen atoms in total. The molecule has 0 aliphatic carbocycles. The lowest BCUT2D eigenvalue weighted by Gasteiger charge is -2.01. The molecule has 0 N–H and O–H groups in total. The monoisotopic (exact) mass is 336 g/mol. The van der Waals surface area contributed by atoms with Crippen molar-refractivity contribution in [3.05, 3.63) is 47.1 Å². The van der Waals surface area contributed by atoms with Gasteiger partial charge < -0.3 is 4.42 Å². The maximum absolute atomic E-state index is 14.1. The Morgan fingerprint density at radius 2 is 2.05 bits per heavy atom. The molecule has 22 heavy (non-hydrogen) atoms. The zero-order valence-electron chi connectivity index (χ0n) is 11.5. The van der Waals surface area contributed by atoms with E-state index in [9.17, 15) is 4.39 Å². The SMILES string of the molecule is CCc1ncnc(Sc2nnc(-c3ccccc3Cl)o2)c1F. The van der Waals surface area contributed by atoms with Gasteiger partial charge in [0.05, 0.1) is 16.3 Å². The molecule has 0 unspecified atom stereocenters. The van der Waals surface area contributed by atoms with Crippen molar-refractivity contribution in [2.75, 3.05) is 0 Å². The molecule has 0 saturated heterocycles. The predicted molar refractivity (Wildman–Crippen MR) is 80.2 cm³/mol. The lowest BCUT2D eigenvalue weighted by Crippen LogP contribution is -1.97. The van der Waals surface area contributed by atoms with Gasteiger partial charge in [-0.25, -0.2) is 14.4 Å². The third-order valence-electron chi connectivity index (χ3n) is 2.86. The van der Waals surface area contributed by atoms with Crippen LogP contribution in [0.5, 0.6) is 0 Å². The molecule has 0 amide bonds. The number of aromatic nitrogens is 4. The standard InChI is InChI=1S/C14H10ClFN4OS/c1-2-10-11(16)13(18-7-17-10)22-14-20-19-12(21-14)8-5-3-4-6-9(8)15/h3-7H,2H2,1H3. The van der Waals surface area contributed by atoms with Crippen LogP contribution in [0.15, 0.2) is 45.3 Å². The summed E-state index contributed by atoms with van der Waals surface area (Å²) >= 11 is 7.03. The van der Waals surface area contributed by atoms with Crippen LogP contribution < -0.4 is 0 Å². The number of nitrogens with zero attached hydrogens (tertiary/aromatic N) is 4. The Labute approximate surface area is 135 Å². The maximum atomic E-state index is 14.1. The molecule has 0 atom stereocenters. The van der Waals surface area contributed by atoms with E-state index in [4.69, 9.17) is 16.0 Å². The molecule has 3 aromatic rings. The smallest absolute Gasteiger partial charge is 0.283 e. The summed E-state index contributed by atoms with van der Waals surface area (Å²) in [5, 5.41) is 8.66. The number of benzene rings is 1. The Hall–Kier alpha value is -1.99. The first-order chi connectivity index (χ1) is 10.7. The van der Waals surface area contributed by atoms with Crippen LogP contribution in [0, 0.1) is 5.82 Å². The van der Waals surface area contributed by atoms with Crippen molar-refractivity contribution in [3.8, 4) is 11.5 Å². The van der Waals surface area contributed by atoms with Crippen molar-refractivity contribution in [1.82, 2.24) is 20.2 Å². The van der Waals surface area contributed by atoms with Crippen LogP contribution in [0.2, 0.25) is 5.02 Å². The van der Waals surface area contributed by atoms with Crippen molar-refractivity contribution >= 4 is 23.4 Å². The van der Waals surface area contributed by atoms with E-state index < -0.39 is 5.82 Å². The molecule has 0 saturated carbocycles. The van der Waals surface area contributed by atoms with E-state index in [0.717, 1.165) is 11.8 Å². The van der Waals surface area contributed by atoms with Gasteiger partial charge in [-0.3, -0.25) is 0 Å². The van der Waals surface area contributed by atoms with Crippen LogP contribution >= 0.6 is 23.4 Å². The summed E-state index contributed by atoms with van der Waals surface area (Å²) < 4.78 is 19.6. The fourth-order valence-electron chi connectivity index (χ4n) is 1.78. The quantitative estimate of drug-likeness (QED) is 0.670. The number of hydrogen-bond acceptors (Lipinski definition) is 6. The molecular formula is C14H10ClFN4OS. The van der Waals surface area contributed by atoms with Crippen molar-refractivity contribution in [2.45, 2.75) is 23.6 Å². The van der Waals surface area contributed by atoms with Crippen LogP contribution in [0.1, 0.15) is 12.6 Å². The Bertz CT molecular complexity index is 811. The molecule has 8 heteroatoms. The van der Waals surface area contributed by atoms with Crippen molar-refractivity contribution in [3.63, 3.8) is 0 Å². The van der Waals surface area contributed by atoms with E-state index in [1.807, 2.05) is 13.0 Å². The van der Waals surface area contributed by atoms with Gasteiger partial charge in [0.25, 0.3) is 5.22 Å². The van der Waals surface area contributed by atoms with Crippen LogP contribution in [0.4, 0.5) is 4.39 Å². The maximum Gasteiger partial charge on any atom is 0.283 e. The molecule has 0 aliphatic heterocycles. The lowest BCUT2D eigenvalue weighted by atomic mass is 10.2. The Balaban J connectivity index is 1.88. The summed E-state index contributed by atoms with van der Waals surface area (Å²) in [7, 11) is 0. The van der Waals surface area contributed by atoms with E-state index in [-0.39, 0.29) is 16.1 Å². The summed E-state index contributed by atoms with van der Waals surface area (Å²) in [5.74, 6) is -0.189. The summed E-state index contributed by atoms with van der Waals surface area (Å²) in [6, 6.07) is 7.12. The Kier molecular flexibility index (Phi) is 4.35. The van der Waals surface area contributed by atoms with E-state index >= 15 is 0 Å². The summed E-state index contributed by atoms with van der Waals surface area (Å²) in [5.41, 5.74) is 0.976. The van der Waals surface area contributed by atoms with Crippen molar-refractivity contribution in [1.29, 1.82) is 0 Å². The highest BCUT2D eigenvalue weighted by atomic mass is 35.5. The largest absolute Gasteiger partial charge is 0.411 e. The highest BCUT2D eigenvalue weighted by molar-refractivity contribution is 7.99. The first kappa shape index (κ1) is 14.9. The molecule has 3 rings (SSSR count). The fourth-order valence-corrected chi connectivity index (χ4v) is 2.67. The van der Waals surface area contributed by atoms with Gasteiger partial charge in [-0.1, -0.05) is 30.7 Å². The fraction of sp³-hybridized carbons (Fsp3) is 0.143. The second-order valence-corrected chi connectivity index (χ2v) is 5.60. The molecule has 0 radical (unpaired) electrons. The van der Waals surface area contributed by atoms with Crippen LogP contribution in [0.25, 0.3) is 11.5 Å². The number of aryl methyl sites for hydroxylation is 1. The van der Waals surface area contributed by atoms with Gasteiger partial charge in [-0.05, 0) is 30.3 Å². The van der Waals surface area contributed by atoms with E-state index in [1.165, 1.54) is 6.33 Å². The molecule has 1 aromatic carbocycles. The average Bonchev–Trinajstić information content (AvgIpc) is 2.98. The van der Waals surface area contributed by atoms with Gasteiger partial charge in [0.15, 0.2) is 5.82 Å². The zero-order chi connectivity index (χ0) is 15.5. The average molecular weight is 337 g/mol. The topological polar surface area (TPSA) is 64.7 Å². The van der Waals surface area contributed by atoms with E-state index in [0.29, 0.717) is 22.7 Å². The molecular weight excluding hydrogens is 327 g/mol. The second kappa shape index (κ2) is 6.41. The van der Waals surface area contributed by atoms with E-state index in [2.05, 4.69) is 20.2 Å². The van der Waals surface area contributed by atoms with E-state index in [1.54, 1.807) is 18.2 Å². The van der Waals surface area contributed by atoms with Crippen LogP contribution in [-0.4, -0.2) is 20.2 Å². The Morgan fingerprint density at radius 3 is 2.82 bits per heavy atom. The van der Waals surface area contributed by atoms with Gasteiger partial charge in [-0.15, -0.1) is 10.2 Å². The molecule has 2 heterocycles. The normalized spacial score (nSPS) is 10.9. The lowest BCUT2D eigenvalue weighted by molar-refractivity contribution is 0.464. The van der Waals surface area contributed by atoms with Gasteiger partial charge in [0.1, 0.15) is 11.4 Å². The zero-order valence-corrected chi connectivity index (χ0v) is 13.0. The van der Waals surface area contributed by atoms with Crippen molar-refractivity contribution in [2.24, 2.45) is 0 Å². The van der Waals surface area contributed by atoms with Gasteiger partial charge in [0, 0.05) is 0 Å². The second-order valence-electron chi connectivity index (χ2n) is 4.25. The molecule has 0 spiro atoms. The highest BCUT2D eigenvalue weighted by Crippen LogP contribution is 2.32. The minimum absolute atomic E-state index is 0.154. The van der Waals surface area contributed by atoms with Gasteiger partial charge in [-0.2, -0.15) is 0 Å². The predicted octanol–water partition coefficient (Wildman–Crippen LogP) is 4.03. The minimum atomic E-state index is -0.465. The third kappa shape index (κ3) is 2.95. The first-order valence-corrected chi connectivity index (χ1v) is 7.64. The van der Waals surface area contributed by atoms with Crippen LogP contribution in [0.3, 0.4) is 0 Å². The summed E-state index contributed by atoms with van der Waals surface area (Å²) in [4.78, 5) is 7.78. The molecule has 2 aromatic heterocycles. The number of rotatable bonds is 4. The molecule has 112 valence electrons. The molecule has 0 aliphatic rings. The highest BCUT2D eigenvalue weighted by Gasteiger charge is 2.16. The summed E-state index contributed by atoms with van der Waals surface area (Å²) in [6.07, 6.45) is 1.80. The number of halogens is 2. The molecule has 0 fully saturated rings. The van der Waals surface area contributed by atoms with Crippen molar-refractivity contribution < 1.29 is 8.81 Å². The summed E-state index contributed by atoms with van der Waals surface area (Å²) in [6.45, 7) is 1.82.